The third kappa shape index (κ3) is 4.52. The zero-order valence-corrected chi connectivity index (χ0v) is 18.0. The SMILES string of the molecule is COCCCNC(=O)[C@H]1Cc2cc([N+](=O)[O-])ccc2N2CCN(c3ccc(F)cc3)C[C@@H]12. The molecule has 0 saturated carbocycles. The molecule has 170 valence electrons. The average molecular weight is 442 g/mol. The number of benzene rings is 2. The summed E-state index contributed by atoms with van der Waals surface area (Å²) in [6.07, 6.45) is 1.15. The summed E-state index contributed by atoms with van der Waals surface area (Å²) in [7, 11) is 1.62. The van der Waals surface area contributed by atoms with Gasteiger partial charge in [-0.1, -0.05) is 0 Å². The number of nitrogens with one attached hydrogen (secondary N) is 1. The molecule has 0 unspecified atom stereocenters. The van der Waals surface area contributed by atoms with Crippen molar-refractivity contribution in [1.82, 2.24) is 5.32 Å². The highest BCUT2D eigenvalue weighted by atomic mass is 19.1. The lowest BCUT2D eigenvalue weighted by molar-refractivity contribution is -0.384. The van der Waals surface area contributed by atoms with Crippen LogP contribution in [0.4, 0.5) is 21.5 Å². The van der Waals surface area contributed by atoms with E-state index in [0.29, 0.717) is 45.6 Å². The van der Waals surface area contributed by atoms with Gasteiger partial charge in [-0.05, 0) is 48.7 Å². The van der Waals surface area contributed by atoms with Crippen molar-refractivity contribution in [2.24, 2.45) is 5.92 Å². The minimum atomic E-state index is -0.404. The van der Waals surface area contributed by atoms with Crippen LogP contribution >= 0.6 is 0 Å². The molecule has 9 heteroatoms. The molecule has 4 rings (SSSR count). The Labute approximate surface area is 186 Å². The van der Waals surface area contributed by atoms with E-state index in [1.54, 1.807) is 31.4 Å². The van der Waals surface area contributed by atoms with Gasteiger partial charge in [-0.2, -0.15) is 0 Å². The Balaban J connectivity index is 1.60. The third-order valence-electron chi connectivity index (χ3n) is 6.26. The number of halogens is 1. The summed E-state index contributed by atoms with van der Waals surface area (Å²) in [6.45, 7) is 3.06. The van der Waals surface area contributed by atoms with Crippen molar-refractivity contribution in [3.05, 3.63) is 64.0 Å². The van der Waals surface area contributed by atoms with Crippen LogP contribution in [-0.4, -0.2) is 56.8 Å². The number of carbonyl (C=O) groups excluding carboxylic acids is 1. The normalized spacial score (nSPS) is 19.8. The zero-order valence-electron chi connectivity index (χ0n) is 18.0. The number of carbonyl (C=O) groups is 1. The van der Waals surface area contributed by atoms with Gasteiger partial charge in [-0.3, -0.25) is 14.9 Å². The van der Waals surface area contributed by atoms with Crippen LogP contribution in [0.1, 0.15) is 12.0 Å². The number of anilines is 2. The van der Waals surface area contributed by atoms with Crippen LogP contribution in [0.5, 0.6) is 0 Å². The maximum atomic E-state index is 13.4. The summed E-state index contributed by atoms with van der Waals surface area (Å²) < 4.78 is 18.4. The number of nitro groups is 1. The Morgan fingerprint density at radius 3 is 2.75 bits per heavy atom. The van der Waals surface area contributed by atoms with Gasteiger partial charge in [-0.15, -0.1) is 0 Å². The van der Waals surface area contributed by atoms with Gasteiger partial charge in [0.05, 0.1) is 16.9 Å². The second-order valence-electron chi connectivity index (χ2n) is 8.20. The second kappa shape index (κ2) is 9.52. The van der Waals surface area contributed by atoms with Crippen molar-refractivity contribution >= 4 is 23.0 Å². The van der Waals surface area contributed by atoms with Gasteiger partial charge < -0.3 is 19.9 Å². The largest absolute Gasteiger partial charge is 0.385 e. The quantitative estimate of drug-likeness (QED) is 0.403. The Morgan fingerprint density at radius 2 is 2.03 bits per heavy atom. The fraction of sp³-hybridized carbons (Fsp3) is 0.435. The molecule has 2 aliphatic rings. The monoisotopic (exact) mass is 442 g/mol. The predicted molar refractivity (Wildman–Crippen MR) is 120 cm³/mol. The van der Waals surface area contributed by atoms with E-state index in [4.69, 9.17) is 4.74 Å². The smallest absolute Gasteiger partial charge is 0.269 e. The van der Waals surface area contributed by atoms with Crippen molar-refractivity contribution in [3.63, 3.8) is 0 Å². The van der Waals surface area contributed by atoms with Crippen LogP contribution in [0.2, 0.25) is 0 Å². The number of fused-ring (bicyclic) bond motifs is 3. The molecule has 0 aliphatic carbocycles. The van der Waals surface area contributed by atoms with E-state index >= 15 is 0 Å². The standard InChI is InChI=1S/C23H27FN4O4/c1-32-12-2-9-25-23(29)20-14-16-13-19(28(30)31)7-8-21(16)27-11-10-26(15-22(20)27)18-5-3-17(24)4-6-18/h3-8,13,20,22H,2,9-12,14-15H2,1H3,(H,25,29)/t20-,22-/m0/s1. The minimum absolute atomic E-state index is 0.0337. The van der Waals surface area contributed by atoms with Gasteiger partial charge in [-0.25, -0.2) is 4.39 Å². The number of amides is 1. The first-order valence-corrected chi connectivity index (χ1v) is 10.8. The van der Waals surface area contributed by atoms with Gasteiger partial charge in [0, 0.05) is 63.4 Å². The lowest BCUT2D eigenvalue weighted by Gasteiger charge is -2.49. The van der Waals surface area contributed by atoms with Gasteiger partial charge >= 0.3 is 0 Å². The fourth-order valence-corrected chi connectivity index (χ4v) is 4.67. The number of methoxy groups -OCH3 is 1. The average Bonchev–Trinajstić information content (AvgIpc) is 2.80. The zero-order chi connectivity index (χ0) is 22.7. The van der Waals surface area contributed by atoms with Crippen molar-refractivity contribution < 1.29 is 18.8 Å². The maximum absolute atomic E-state index is 13.4. The summed E-state index contributed by atoms with van der Waals surface area (Å²) >= 11 is 0. The first-order chi connectivity index (χ1) is 15.5. The molecule has 0 spiro atoms. The molecule has 32 heavy (non-hydrogen) atoms. The number of hydrogen-bond donors (Lipinski definition) is 1. The van der Waals surface area contributed by atoms with Gasteiger partial charge in [0.1, 0.15) is 5.82 Å². The van der Waals surface area contributed by atoms with Crippen LogP contribution in [0.15, 0.2) is 42.5 Å². The maximum Gasteiger partial charge on any atom is 0.269 e. The molecule has 1 fully saturated rings. The summed E-state index contributed by atoms with van der Waals surface area (Å²) in [4.78, 5) is 28.4. The highest BCUT2D eigenvalue weighted by Gasteiger charge is 2.42. The fourth-order valence-electron chi connectivity index (χ4n) is 4.67. The number of non-ortho nitro benzene ring substituents is 1. The molecule has 2 aromatic rings. The molecule has 2 aliphatic heterocycles. The molecule has 0 bridgehead atoms. The molecule has 1 amide bonds. The van der Waals surface area contributed by atoms with Gasteiger partial charge in [0.25, 0.3) is 5.69 Å². The molecule has 2 atom stereocenters. The van der Waals surface area contributed by atoms with Crippen molar-refractivity contribution in [1.29, 1.82) is 0 Å². The molecular formula is C23H27FN4O4. The first kappa shape index (κ1) is 22.0. The van der Waals surface area contributed by atoms with E-state index in [-0.39, 0.29) is 29.4 Å². The molecule has 1 saturated heterocycles. The third-order valence-corrected chi connectivity index (χ3v) is 6.26. The first-order valence-electron chi connectivity index (χ1n) is 10.8. The molecule has 8 nitrogen and oxygen atoms in total. The Bertz CT molecular complexity index is 984. The van der Waals surface area contributed by atoms with E-state index in [1.165, 1.54) is 18.2 Å². The van der Waals surface area contributed by atoms with E-state index < -0.39 is 4.92 Å². The van der Waals surface area contributed by atoms with E-state index in [0.717, 1.165) is 16.9 Å². The summed E-state index contributed by atoms with van der Waals surface area (Å²) in [5, 5.41) is 14.3. The molecule has 2 aromatic carbocycles. The minimum Gasteiger partial charge on any atom is -0.385 e. The molecule has 0 aromatic heterocycles. The Hall–Kier alpha value is -3.20. The number of ether oxygens (including phenoxy) is 1. The lowest BCUT2D eigenvalue weighted by Crippen LogP contribution is -2.61. The summed E-state index contributed by atoms with van der Waals surface area (Å²) in [6, 6.07) is 11.2. The number of nitrogens with zero attached hydrogens (tertiary/aromatic N) is 3. The van der Waals surface area contributed by atoms with Crippen molar-refractivity contribution in [2.75, 3.05) is 49.7 Å². The van der Waals surface area contributed by atoms with Crippen LogP contribution in [0, 0.1) is 21.8 Å². The van der Waals surface area contributed by atoms with Gasteiger partial charge in [0.2, 0.25) is 5.91 Å². The number of piperazine rings is 1. The Kier molecular flexibility index (Phi) is 6.55. The number of hydrogen-bond acceptors (Lipinski definition) is 6. The second-order valence-corrected chi connectivity index (χ2v) is 8.20. The molecule has 2 heterocycles. The molecule has 1 N–H and O–H groups in total. The van der Waals surface area contributed by atoms with Crippen LogP contribution in [0.3, 0.4) is 0 Å². The number of nitro benzene ring substituents is 1. The highest BCUT2D eigenvalue weighted by Crippen LogP contribution is 2.38. The summed E-state index contributed by atoms with van der Waals surface area (Å²) in [5.41, 5.74) is 2.72. The molecular weight excluding hydrogens is 415 g/mol. The van der Waals surface area contributed by atoms with Crippen LogP contribution in [0.25, 0.3) is 0 Å². The highest BCUT2D eigenvalue weighted by molar-refractivity contribution is 5.82. The van der Waals surface area contributed by atoms with Crippen molar-refractivity contribution in [3.8, 4) is 0 Å². The van der Waals surface area contributed by atoms with E-state index in [1.807, 2.05) is 0 Å². The molecule has 0 radical (unpaired) electrons. The van der Waals surface area contributed by atoms with E-state index in [9.17, 15) is 19.3 Å². The Morgan fingerprint density at radius 1 is 1.25 bits per heavy atom. The van der Waals surface area contributed by atoms with Crippen molar-refractivity contribution in [2.45, 2.75) is 18.9 Å². The lowest BCUT2D eigenvalue weighted by atomic mass is 9.83. The van der Waals surface area contributed by atoms with Crippen LogP contribution < -0.4 is 15.1 Å². The predicted octanol–water partition coefficient (Wildman–Crippen LogP) is 2.75. The number of rotatable bonds is 7. The van der Waals surface area contributed by atoms with Crippen LogP contribution in [-0.2, 0) is 16.0 Å². The topological polar surface area (TPSA) is 87.9 Å². The summed E-state index contributed by atoms with van der Waals surface area (Å²) in [5.74, 6) is -0.696. The van der Waals surface area contributed by atoms with E-state index in [2.05, 4.69) is 15.1 Å². The van der Waals surface area contributed by atoms with Gasteiger partial charge in [0.15, 0.2) is 0 Å².